The molecule has 0 bridgehead atoms. The zero-order valence-electron chi connectivity index (χ0n) is 11.6. The van der Waals surface area contributed by atoms with Crippen LogP contribution in [0.5, 0.6) is 0 Å². The molecule has 1 saturated heterocycles. The predicted molar refractivity (Wildman–Crippen MR) is 87.7 cm³/mol. The van der Waals surface area contributed by atoms with Crippen molar-refractivity contribution in [2.45, 2.75) is 25.3 Å². The van der Waals surface area contributed by atoms with Crippen molar-refractivity contribution in [1.82, 2.24) is 15.2 Å². The molecule has 0 amide bonds. The molecule has 2 aliphatic rings. The number of nitrogens with two attached hydrogens (primary N) is 1. The van der Waals surface area contributed by atoms with Crippen molar-refractivity contribution >= 4 is 30.6 Å². The van der Waals surface area contributed by atoms with Crippen LogP contribution in [0.25, 0.3) is 0 Å². The van der Waals surface area contributed by atoms with Gasteiger partial charge in [-0.05, 0) is 24.8 Å². The Hall–Kier alpha value is -0.550. The molecule has 114 valence electrons. The summed E-state index contributed by atoms with van der Waals surface area (Å²) in [6, 6.07) is 4.65. The molecule has 20 heavy (non-hydrogen) atoms. The highest BCUT2D eigenvalue weighted by Gasteiger charge is 2.34. The summed E-state index contributed by atoms with van der Waals surface area (Å²) in [4.78, 5) is 6.86. The van der Waals surface area contributed by atoms with E-state index >= 15 is 0 Å². The lowest BCUT2D eigenvalue weighted by Crippen LogP contribution is -2.48. The van der Waals surface area contributed by atoms with E-state index in [2.05, 4.69) is 21.3 Å². The molecule has 0 radical (unpaired) electrons. The van der Waals surface area contributed by atoms with Crippen molar-refractivity contribution in [3.05, 3.63) is 23.9 Å². The number of nitrogens with one attached hydrogen (secondary N) is 1. The van der Waals surface area contributed by atoms with Gasteiger partial charge in [-0.25, -0.2) is 4.98 Å². The number of piperazine rings is 1. The summed E-state index contributed by atoms with van der Waals surface area (Å²) in [6.07, 6.45) is 5.83. The SMILES string of the molecule is Cl.Cl.Nc1ncccc1[C@@H](C1CCC1)N1CCNCC1. The van der Waals surface area contributed by atoms with Gasteiger partial charge >= 0.3 is 0 Å². The number of halogens is 2. The normalized spacial score (nSPS) is 21.2. The van der Waals surface area contributed by atoms with Gasteiger partial charge in [0.05, 0.1) is 0 Å². The van der Waals surface area contributed by atoms with E-state index in [0.717, 1.165) is 32.1 Å². The molecule has 2 heterocycles. The lowest BCUT2D eigenvalue weighted by molar-refractivity contribution is 0.0840. The summed E-state index contributed by atoms with van der Waals surface area (Å²) >= 11 is 0. The Labute approximate surface area is 133 Å². The van der Waals surface area contributed by atoms with Crippen LogP contribution in [-0.2, 0) is 0 Å². The van der Waals surface area contributed by atoms with E-state index in [1.807, 2.05) is 6.07 Å². The Kier molecular flexibility index (Phi) is 7.03. The van der Waals surface area contributed by atoms with Crippen LogP contribution in [0, 0.1) is 5.92 Å². The van der Waals surface area contributed by atoms with Crippen LogP contribution in [0.2, 0.25) is 0 Å². The zero-order chi connectivity index (χ0) is 12.4. The minimum absolute atomic E-state index is 0. The molecule has 3 N–H and O–H groups in total. The summed E-state index contributed by atoms with van der Waals surface area (Å²) in [5.74, 6) is 1.49. The monoisotopic (exact) mass is 318 g/mol. The van der Waals surface area contributed by atoms with E-state index in [1.165, 1.54) is 24.8 Å². The largest absolute Gasteiger partial charge is 0.383 e. The average Bonchev–Trinajstić information content (AvgIpc) is 2.36. The van der Waals surface area contributed by atoms with E-state index in [-0.39, 0.29) is 24.8 Å². The fourth-order valence-electron chi connectivity index (χ4n) is 3.14. The van der Waals surface area contributed by atoms with Gasteiger partial charge in [0.25, 0.3) is 0 Å². The first-order valence-electron chi connectivity index (χ1n) is 7.01. The number of hydrogen-bond acceptors (Lipinski definition) is 4. The Morgan fingerprint density at radius 2 is 1.95 bits per heavy atom. The number of rotatable bonds is 3. The lowest BCUT2D eigenvalue weighted by Gasteiger charge is -2.43. The third kappa shape index (κ3) is 3.55. The summed E-state index contributed by atoms with van der Waals surface area (Å²) in [5.41, 5.74) is 7.33. The van der Waals surface area contributed by atoms with Crippen molar-refractivity contribution in [3.8, 4) is 0 Å². The van der Waals surface area contributed by atoms with E-state index in [0.29, 0.717) is 11.9 Å². The first-order chi connectivity index (χ1) is 8.86. The second kappa shape index (κ2) is 8.03. The van der Waals surface area contributed by atoms with Crippen LogP contribution < -0.4 is 11.1 Å². The van der Waals surface area contributed by atoms with Gasteiger partial charge < -0.3 is 11.1 Å². The minimum atomic E-state index is 0. The topological polar surface area (TPSA) is 54.2 Å². The number of aromatic nitrogens is 1. The highest BCUT2D eigenvalue weighted by Crippen LogP contribution is 2.42. The minimum Gasteiger partial charge on any atom is -0.383 e. The molecule has 1 aliphatic carbocycles. The fraction of sp³-hybridized carbons (Fsp3) is 0.643. The molecule has 1 aromatic rings. The van der Waals surface area contributed by atoms with Crippen LogP contribution in [0.4, 0.5) is 5.82 Å². The van der Waals surface area contributed by atoms with Crippen molar-refractivity contribution < 1.29 is 0 Å². The molecule has 3 rings (SSSR count). The van der Waals surface area contributed by atoms with Crippen molar-refractivity contribution in [3.63, 3.8) is 0 Å². The Morgan fingerprint density at radius 1 is 1.25 bits per heavy atom. The van der Waals surface area contributed by atoms with Crippen LogP contribution in [-0.4, -0.2) is 36.1 Å². The standard InChI is InChI=1S/C14H22N4.2ClH/c15-14-12(5-2-6-17-14)13(11-3-1-4-11)18-9-7-16-8-10-18;;/h2,5-6,11,13,16H,1,3-4,7-10H2,(H2,15,17);2*1H/t13-;;/m1../s1. The first-order valence-corrected chi connectivity index (χ1v) is 7.01. The number of nitrogens with zero attached hydrogens (tertiary/aromatic N) is 2. The van der Waals surface area contributed by atoms with Crippen LogP contribution in [0.1, 0.15) is 30.9 Å². The number of pyridine rings is 1. The maximum Gasteiger partial charge on any atom is 0.128 e. The van der Waals surface area contributed by atoms with Crippen molar-refractivity contribution in [1.29, 1.82) is 0 Å². The molecule has 1 aliphatic heterocycles. The molecule has 4 nitrogen and oxygen atoms in total. The zero-order valence-corrected chi connectivity index (χ0v) is 13.3. The number of hydrogen-bond donors (Lipinski definition) is 2. The molecule has 1 saturated carbocycles. The Balaban J connectivity index is 0.000001000. The van der Waals surface area contributed by atoms with Crippen LogP contribution >= 0.6 is 24.8 Å². The van der Waals surface area contributed by atoms with Gasteiger partial charge in [0, 0.05) is 44.0 Å². The van der Waals surface area contributed by atoms with Crippen molar-refractivity contribution in [2.75, 3.05) is 31.9 Å². The predicted octanol–water partition coefficient (Wildman–Crippen LogP) is 2.25. The molecule has 1 atom stereocenters. The molecular weight excluding hydrogens is 295 g/mol. The third-order valence-electron chi connectivity index (χ3n) is 4.33. The quantitative estimate of drug-likeness (QED) is 0.897. The Morgan fingerprint density at radius 3 is 2.50 bits per heavy atom. The highest BCUT2D eigenvalue weighted by molar-refractivity contribution is 5.85. The molecule has 0 aromatic carbocycles. The average molecular weight is 319 g/mol. The summed E-state index contributed by atoms with van der Waals surface area (Å²) in [5, 5.41) is 3.42. The molecular formula is C14H24Cl2N4. The van der Waals surface area contributed by atoms with E-state index in [9.17, 15) is 0 Å². The maximum absolute atomic E-state index is 6.09. The summed E-state index contributed by atoms with van der Waals surface area (Å²) in [7, 11) is 0. The van der Waals surface area contributed by atoms with Crippen molar-refractivity contribution in [2.24, 2.45) is 5.92 Å². The second-order valence-corrected chi connectivity index (χ2v) is 5.40. The molecule has 0 spiro atoms. The lowest BCUT2D eigenvalue weighted by atomic mass is 9.76. The summed E-state index contributed by atoms with van der Waals surface area (Å²) < 4.78 is 0. The molecule has 1 aromatic heterocycles. The molecule has 6 heteroatoms. The Bertz CT molecular complexity index is 406. The van der Waals surface area contributed by atoms with E-state index in [1.54, 1.807) is 6.20 Å². The fourth-order valence-corrected chi connectivity index (χ4v) is 3.14. The van der Waals surface area contributed by atoms with Gasteiger partial charge in [0.2, 0.25) is 0 Å². The third-order valence-corrected chi connectivity index (χ3v) is 4.33. The second-order valence-electron chi connectivity index (χ2n) is 5.40. The molecule has 0 unspecified atom stereocenters. The van der Waals surface area contributed by atoms with E-state index in [4.69, 9.17) is 5.73 Å². The first kappa shape index (κ1) is 17.5. The van der Waals surface area contributed by atoms with Gasteiger partial charge in [-0.15, -0.1) is 24.8 Å². The summed E-state index contributed by atoms with van der Waals surface area (Å²) in [6.45, 7) is 4.41. The van der Waals surface area contributed by atoms with Gasteiger partial charge in [0.1, 0.15) is 5.82 Å². The van der Waals surface area contributed by atoms with Crippen LogP contribution in [0.15, 0.2) is 18.3 Å². The van der Waals surface area contributed by atoms with Crippen LogP contribution in [0.3, 0.4) is 0 Å². The van der Waals surface area contributed by atoms with Gasteiger partial charge in [-0.1, -0.05) is 12.5 Å². The number of nitrogen functional groups attached to an aromatic ring is 1. The highest BCUT2D eigenvalue weighted by atomic mass is 35.5. The number of anilines is 1. The maximum atomic E-state index is 6.09. The molecule has 2 fully saturated rings. The van der Waals surface area contributed by atoms with E-state index < -0.39 is 0 Å². The smallest absolute Gasteiger partial charge is 0.128 e. The van der Waals surface area contributed by atoms with Gasteiger partial charge in [-0.3, -0.25) is 4.90 Å². The van der Waals surface area contributed by atoms with Gasteiger partial charge in [-0.2, -0.15) is 0 Å². The van der Waals surface area contributed by atoms with Gasteiger partial charge in [0.15, 0.2) is 0 Å².